The molecule has 0 radical (unpaired) electrons. The number of nitrogen functional groups attached to an aromatic ring is 1. The Morgan fingerprint density at radius 3 is 2.21 bits per heavy atom. The number of nitrogens with two attached hydrogens (primary N) is 2. The van der Waals surface area contributed by atoms with Gasteiger partial charge in [-0.25, -0.2) is 8.78 Å². The van der Waals surface area contributed by atoms with Gasteiger partial charge in [0.1, 0.15) is 5.84 Å². The third-order valence-electron chi connectivity index (χ3n) is 1.23. The monoisotopic (exact) mass is 202 g/mol. The number of nitrogens with one attached hydrogen (secondary N) is 2. The summed E-state index contributed by atoms with van der Waals surface area (Å²) in [5.74, 6) is 2.40. The number of halogens is 2. The number of amidine groups is 1. The van der Waals surface area contributed by atoms with Crippen LogP contribution in [0.5, 0.6) is 0 Å². The molecular formula is C8H12F2N4. The van der Waals surface area contributed by atoms with E-state index in [1.54, 1.807) is 7.05 Å². The summed E-state index contributed by atoms with van der Waals surface area (Å²) < 4.78 is 24.7. The van der Waals surface area contributed by atoms with E-state index in [0.717, 1.165) is 12.1 Å². The molecular weight excluding hydrogens is 190 g/mol. The van der Waals surface area contributed by atoms with Gasteiger partial charge in [-0.2, -0.15) is 0 Å². The second kappa shape index (κ2) is 6.01. The minimum absolute atomic E-state index is 0.184. The predicted molar refractivity (Wildman–Crippen MR) is 50.6 cm³/mol. The molecule has 0 aliphatic rings. The fourth-order valence-electron chi connectivity index (χ4n) is 0.664. The highest BCUT2D eigenvalue weighted by Gasteiger charge is 2.02. The second-order valence-electron chi connectivity index (χ2n) is 2.33. The van der Waals surface area contributed by atoms with Crippen molar-refractivity contribution in [2.75, 3.05) is 7.05 Å². The normalized spacial score (nSPS) is 8.86. The zero-order valence-electron chi connectivity index (χ0n) is 7.64. The predicted octanol–water partition coefficient (Wildman–Crippen LogP) is 0.328. The number of hydrogen-bond donors (Lipinski definition) is 4. The van der Waals surface area contributed by atoms with E-state index in [1.807, 2.05) is 0 Å². The largest absolute Gasteiger partial charge is 0.384 e. The van der Waals surface area contributed by atoms with Crippen molar-refractivity contribution in [1.29, 1.82) is 5.41 Å². The zero-order chi connectivity index (χ0) is 11.1. The van der Waals surface area contributed by atoms with Crippen LogP contribution in [-0.4, -0.2) is 12.9 Å². The molecule has 14 heavy (non-hydrogen) atoms. The molecule has 6 heteroatoms. The van der Waals surface area contributed by atoms with E-state index >= 15 is 0 Å². The molecule has 0 amide bonds. The summed E-state index contributed by atoms with van der Waals surface area (Å²) in [5, 5.41) is 6.89. The van der Waals surface area contributed by atoms with E-state index in [9.17, 15) is 8.78 Å². The third-order valence-corrected chi connectivity index (χ3v) is 1.23. The van der Waals surface area contributed by atoms with Crippen molar-refractivity contribution in [3.8, 4) is 0 Å². The molecule has 0 saturated heterocycles. The van der Waals surface area contributed by atoms with Crippen molar-refractivity contribution in [2.24, 2.45) is 11.6 Å². The minimum atomic E-state index is -0.988. The van der Waals surface area contributed by atoms with Crippen molar-refractivity contribution in [3.05, 3.63) is 35.4 Å². The summed E-state index contributed by atoms with van der Waals surface area (Å²) in [6, 6.07) is 3.07. The van der Waals surface area contributed by atoms with Gasteiger partial charge in [0.2, 0.25) is 0 Å². The molecule has 1 aromatic carbocycles. The van der Waals surface area contributed by atoms with E-state index < -0.39 is 11.6 Å². The average Bonchev–Trinajstić information content (AvgIpc) is 2.10. The van der Waals surface area contributed by atoms with Gasteiger partial charge in [0, 0.05) is 5.56 Å². The molecule has 78 valence electrons. The van der Waals surface area contributed by atoms with Crippen LogP contribution in [0.4, 0.5) is 8.78 Å². The van der Waals surface area contributed by atoms with Gasteiger partial charge in [0.05, 0.1) is 0 Å². The molecule has 0 heterocycles. The fraction of sp³-hybridized carbons (Fsp3) is 0.125. The summed E-state index contributed by atoms with van der Waals surface area (Å²) in [6.45, 7) is 0. The smallest absolute Gasteiger partial charge is 0.159 e. The fourth-order valence-corrected chi connectivity index (χ4v) is 0.664. The number of hydrogen-bond acceptors (Lipinski definition) is 3. The summed E-state index contributed by atoms with van der Waals surface area (Å²) in [5.41, 5.74) is 7.46. The maximum Gasteiger partial charge on any atom is 0.159 e. The van der Waals surface area contributed by atoms with Crippen LogP contribution in [0.3, 0.4) is 0 Å². The maximum absolute atomic E-state index is 12.4. The first kappa shape index (κ1) is 12.5. The third kappa shape index (κ3) is 3.92. The van der Waals surface area contributed by atoms with Crippen LogP contribution in [0.15, 0.2) is 18.2 Å². The maximum atomic E-state index is 12.4. The first-order valence-electron chi connectivity index (χ1n) is 3.69. The Kier molecular flexibility index (Phi) is 5.35. The summed E-state index contributed by atoms with van der Waals surface area (Å²) >= 11 is 0. The molecule has 0 spiro atoms. The molecule has 1 aromatic rings. The first-order valence-corrected chi connectivity index (χ1v) is 3.69. The molecule has 0 fully saturated rings. The molecule has 1 rings (SSSR count). The molecule has 0 saturated carbocycles. The van der Waals surface area contributed by atoms with E-state index in [0.29, 0.717) is 0 Å². The van der Waals surface area contributed by atoms with Crippen LogP contribution >= 0.6 is 0 Å². The minimum Gasteiger partial charge on any atom is -0.384 e. The zero-order valence-corrected chi connectivity index (χ0v) is 7.64. The lowest BCUT2D eigenvalue weighted by Crippen LogP contribution is -2.13. The van der Waals surface area contributed by atoms with E-state index in [-0.39, 0.29) is 11.4 Å². The Balaban J connectivity index is 0.000000500. The topological polar surface area (TPSA) is 87.9 Å². The Morgan fingerprint density at radius 1 is 1.36 bits per heavy atom. The van der Waals surface area contributed by atoms with Gasteiger partial charge in [0.15, 0.2) is 11.6 Å². The summed E-state index contributed by atoms with van der Waals surface area (Å²) in [6.07, 6.45) is 0. The van der Waals surface area contributed by atoms with Crippen molar-refractivity contribution < 1.29 is 8.78 Å². The lowest BCUT2D eigenvalue weighted by atomic mass is 10.2. The van der Waals surface area contributed by atoms with Crippen LogP contribution < -0.4 is 17.0 Å². The highest BCUT2D eigenvalue weighted by atomic mass is 19.2. The van der Waals surface area contributed by atoms with E-state index in [1.165, 1.54) is 6.07 Å². The molecule has 0 aromatic heterocycles. The Hall–Kier alpha value is -1.53. The van der Waals surface area contributed by atoms with Gasteiger partial charge in [-0.1, -0.05) is 0 Å². The van der Waals surface area contributed by atoms with Gasteiger partial charge in [0.25, 0.3) is 0 Å². The van der Waals surface area contributed by atoms with Gasteiger partial charge < -0.3 is 5.73 Å². The van der Waals surface area contributed by atoms with Gasteiger partial charge >= 0.3 is 0 Å². The molecule has 0 bridgehead atoms. The number of benzene rings is 1. The quantitative estimate of drug-likeness (QED) is 0.229. The van der Waals surface area contributed by atoms with Crippen LogP contribution in [-0.2, 0) is 0 Å². The van der Waals surface area contributed by atoms with Crippen molar-refractivity contribution in [3.63, 3.8) is 0 Å². The lowest BCUT2D eigenvalue weighted by molar-refractivity contribution is 0.508. The number of hydrazine groups is 1. The van der Waals surface area contributed by atoms with Gasteiger partial charge in [-0.05, 0) is 25.2 Å². The molecule has 0 aliphatic heterocycles. The van der Waals surface area contributed by atoms with Crippen LogP contribution in [0.2, 0.25) is 0 Å². The van der Waals surface area contributed by atoms with E-state index in [4.69, 9.17) is 11.1 Å². The Bertz CT molecular complexity index is 314. The molecule has 0 atom stereocenters. The van der Waals surface area contributed by atoms with Crippen molar-refractivity contribution in [2.45, 2.75) is 0 Å². The van der Waals surface area contributed by atoms with Crippen molar-refractivity contribution in [1.82, 2.24) is 5.43 Å². The highest BCUT2D eigenvalue weighted by molar-refractivity contribution is 5.94. The number of rotatable bonds is 1. The van der Waals surface area contributed by atoms with Crippen LogP contribution in [0, 0.1) is 17.0 Å². The van der Waals surface area contributed by atoms with Crippen molar-refractivity contribution >= 4 is 5.84 Å². The molecule has 0 unspecified atom stereocenters. The standard InChI is InChI=1S/C7H6F2N2.CH6N2/c8-5-2-1-4(7(10)11)3-6(5)9;1-3-2/h1-3H,(H3,10,11);3H,2H2,1H3. The Labute approximate surface area is 80.4 Å². The van der Waals surface area contributed by atoms with Crippen LogP contribution in [0.1, 0.15) is 5.56 Å². The first-order chi connectivity index (χ1) is 6.52. The molecule has 0 aliphatic carbocycles. The molecule has 4 nitrogen and oxygen atoms in total. The summed E-state index contributed by atoms with van der Waals surface area (Å²) in [7, 11) is 1.65. The van der Waals surface area contributed by atoms with E-state index in [2.05, 4.69) is 11.3 Å². The average molecular weight is 202 g/mol. The lowest BCUT2D eigenvalue weighted by Gasteiger charge is -1.97. The van der Waals surface area contributed by atoms with Crippen LogP contribution in [0.25, 0.3) is 0 Å². The Morgan fingerprint density at radius 2 is 1.86 bits per heavy atom. The SMILES string of the molecule is CNN.N=C(N)c1ccc(F)c(F)c1. The van der Waals surface area contributed by atoms with Gasteiger partial charge in [-0.3, -0.25) is 16.7 Å². The van der Waals surface area contributed by atoms with Gasteiger partial charge in [-0.15, -0.1) is 0 Å². The molecule has 6 N–H and O–H groups in total. The second-order valence-corrected chi connectivity index (χ2v) is 2.33. The summed E-state index contributed by atoms with van der Waals surface area (Å²) in [4.78, 5) is 0. The highest BCUT2D eigenvalue weighted by Crippen LogP contribution is 2.07.